The van der Waals surface area contributed by atoms with Crippen LogP contribution in [0.4, 0.5) is 4.79 Å². The predicted molar refractivity (Wildman–Crippen MR) is 115 cm³/mol. The third-order valence-electron chi connectivity index (χ3n) is 5.77. The van der Waals surface area contributed by atoms with E-state index in [-0.39, 0.29) is 48.6 Å². The summed E-state index contributed by atoms with van der Waals surface area (Å²) in [5.74, 6) is -0.641. The number of carbonyl (C=O) groups excluding carboxylic acids is 3. The molecule has 2 aliphatic rings. The molecule has 4 rings (SSSR count). The molecule has 3 amide bonds. The van der Waals surface area contributed by atoms with Crippen molar-refractivity contribution in [3.8, 4) is 0 Å². The minimum Gasteiger partial charge on any atom is -0.445 e. The summed E-state index contributed by atoms with van der Waals surface area (Å²) in [5.41, 5.74) is 1.38. The van der Waals surface area contributed by atoms with Crippen molar-refractivity contribution in [1.29, 1.82) is 0 Å². The topological polar surface area (TPSA) is 105 Å². The van der Waals surface area contributed by atoms with E-state index in [0.717, 1.165) is 5.56 Å². The van der Waals surface area contributed by atoms with Gasteiger partial charge >= 0.3 is 6.09 Å². The van der Waals surface area contributed by atoms with E-state index in [1.165, 1.54) is 17.3 Å². The lowest BCUT2D eigenvalue weighted by atomic mass is 9.90. The van der Waals surface area contributed by atoms with Gasteiger partial charge in [-0.3, -0.25) is 19.5 Å². The van der Waals surface area contributed by atoms with E-state index < -0.39 is 6.09 Å². The number of aromatic nitrogens is 2. The molecule has 32 heavy (non-hydrogen) atoms. The smallest absolute Gasteiger partial charge is 0.410 e. The molecule has 1 aromatic heterocycles. The summed E-state index contributed by atoms with van der Waals surface area (Å²) in [4.78, 5) is 49.0. The number of halogens is 1. The van der Waals surface area contributed by atoms with Crippen molar-refractivity contribution in [2.24, 2.45) is 5.92 Å². The molecule has 0 spiro atoms. The van der Waals surface area contributed by atoms with Gasteiger partial charge in [0, 0.05) is 31.5 Å². The molecule has 9 nitrogen and oxygen atoms in total. The van der Waals surface area contributed by atoms with E-state index in [2.05, 4.69) is 15.3 Å². The third kappa shape index (κ3) is 5.16. The molecule has 0 unspecified atom stereocenters. The van der Waals surface area contributed by atoms with E-state index in [4.69, 9.17) is 16.3 Å². The number of piperazine rings is 1. The number of amides is 3. The average molecular weight is 458 g/mol. The Morgan fingerprint density at radius 3 is 2.69 bits per heavy atom. The second-order valence-corrected chi connectivity index (χ2v) is 8.26. The molecule has 0 aliphatic carbocycles. The largest absolute Gasteiger partial charge is 0.445 e. The van der Waals surface area contributed by atoms with E-state index in [1.54, 1.807) is 4.90 Å². The highest BCUT2D eigenvalue weighted by Gasteiger charge is 2.40. The first kappa shape index (κ1) is 22.0. The summed E-state index contributed by atoms with van der Waals surface area (Å²) in [7, 11) is 0. The van der Waals surface area contributed by atoms with Gasteiger partial charge in [-0.2, -0.15) is 0 Å². The summed E-state index contributed by atoms with van der Waals surface area (Å²) in [6.07, 6.45) is 3.77. The Morgan fingerprint density at radius 1 is 1.12 bits per heavy atom. The van der Waals surface area contributed by atoms with Crippen molar-refractivity contribution in [1.82, 2.24) is 25.1 Å². The molecular weight excluding hydrogens is 434 g/mol. The maximum atomic E-state index is 12.7. The SMILES string of the molecule is O=C(NCc1nccnc1Cl)[C@H]1CC[C@H]2CN(C(=O)OCc3ccccc3)CC(=O)N2C1. The highest BCUT2D eigenvalue weighted by atomic mass is 35.5. The number of fused-ring (bicyclic) bond motifs is 1. The zero-order chi connectivity index (χ0) is 22.5. The molecule has 0 saturated carbocycles. The van der Waals surface area contributed by atoms with Crippen molar-refractivity contribution >= 4 is 29.5 Å². The number of rotatable bonds is 5. The molecule has 2 aromatic rings. The fourth-order valence-corrected chi connectivity index (χ4v) is 4.21. The van der Waals surface area contributed by atoms with Gasteiger partial charge in [0.15, 0.2) is 5.15 Å². The fraction of sp³-hybridized carbons (Fsp3) is 0.409. The van der Waals surface area contributed by atoms with Crippen LogP contribution in [-0.2, 0) is 27.5 Å². The van der Waals surface area contributed by atoms with E-state index in [0.29, 0.717) is 31.6 Å². The molecule has 2 saturated heterocycles. The van der Waals surface area contributed by atoms with Gasteiger partial charge in [0.1, 0.15) is 13.2 Å². The molecule has 0 bridgehead atoms. The molecule has 1 aromatic carbocycles. The quantitative estimate of drug-likeness (QED) is 0.736. The number of hydrogen-bond acceptors (Lipinski definition) is 6. The van der Waals surface area contributed by atoms with Crippen LogP contribution >= 0.6 is 11.6 Å². The van der Waals surface area contributed by atoms with Gasteiger partial charge in [-0.25, -0.2) is 9.78 Å². The minimum absolute atomic E-state index is 0.0479. The number of benzene rings is 1. The first-order valence-electron chi connectivity index (χ1n) is 10.5. The summed E-state index contributed by atoms with van der Waals surface area (Å²) in [6.45, 7) is 1.03. The van der Waals surface area contributed by atoms with Crippen molar-refractivity contribution in [2.45, 2.75) is 32.0 Å². The average Bonchev–Trinajstić information content (AvgIpc) is 2.82. The fourth-order valence-electron chi connectivity index (χ4n) is 4.04. The highest BCUT2D eigenvalue weighted by molar-refractivity contribution is 6.29. The zero-order valence-corrected chi connectivity index (χ0v) is 18.2. The Kier molecular flexibility index (Phi) is 6.84. The molecule has 1 N–H and O–H groups in total. The first-order chi connectivity index (χ1) is 15.5. The van der Waals surface area contributed by atoms with Crippen LogP contribution in [0.1, 0.15) is 24.1 Å². The van der Waals surface area contributed by atoms with Crippen LogP contribution in [-0.4, -0.2) is 63.4 Å². The lowest BCUT2D eigenvalue weighted by Crippen LogP contribution is -2.61. The van der Waals surface area contributed by atoms with Gasteiger partial charge in [-0.1, -0.05) is 41.9 Å². The molecule has 10 heteroatoms. The van der Waals surface area contributed by atoms with Crippen LogP contribution in [0.3, 0.4) is 0 Å². The second kappa shape index (κ2) is 9.95. The maximum absolute atomic E-state index is 12.7. The van der Waals surface area contributed by atoms with Crippen molar-refractivity contribution in [3.63, 3.8) is 0 Å². The van der Waals surface area contributed by atoms with E-state index >= 15 is 0 Å². The van der Waals surface area contributed by atoms with Crippen LogP contribution in [0.15, 0.2) is 42.7 Å². The lowest BCUT2D eigenvalue weighted by Gasteiger charge is -2.45. The van der Waals surface area contributed by atoms with Crippen LogP contribution in [0.25, 0.3) is 0 Å². The predicted octanol–water partition coefficient (Wildman–Crippen LogP) is 2.01. The monoisotopic (exact) mass is 457 g/mol. The summed E-state index contributed by atoms with van der Waals surface area (Å²) in [5, 5.41) is 3.08. The molecule has 0 radical (unpaired) electrons. The minimum atomic E-state index is -0.498. The van der Waals surface area contributed by atoms with Gasteiger partial charge in [-0.15, -0.1) is 0 Å². The van der Waals surface area contributed by atoms with Crippen molar-refractivity contribution in [3.05, 3.63) is 59.1 Å². The maximum Gasteiger partial charge on any atom is 0.410 e. The van der Waals surface area contributed by atoms with E-state index in [1.807, 2.05) is 30.3 Å². The van der Waals surface area contributed by atoms with Gasteiger partial charge < -0.3 is 15.0 Å². The Morgan fingerprint density at radius 2 is 1.91 bits per heavy atom. The first-order valence-corrected chi connectivity index (χ1v) is 10.9. The van der Waals surface area contributed by atoms with E-state index in [9.17, 15) is 14.4 Å². The number of nitrogens with zero attached hydrogens (tertiary/aromatic N) is 4. The zero-order valence-electron chi connectivity index (χ0n) is 17.4. The highest BCUT2D eigenvalue weighted by Crippen LogP contribution is 2.26. The molecule has 3 heterocycles. The number of nitrogens with one attached hydrogen (secondary N) is 1. The molecule has 2 fully saturated rings. The lowest BCUT2D eigenvalue weighted by molar-refractivity contribution is -0.144. The Hall–Kier alpha value is -3.20. The summed E-state index contributed by atoms with van der Waals surface area (Å²) >= 11 is 5.98. The number of hydrogen-bond donors (Lipinski definition) is 1. The van der Waals surface area contributed by atoms with Crippen LogP contribution < -0.4 is 5.32 Å². The second-order valence-electron chi connectivity index (χ2n) is 7.91. The molecule has 2 aliphatic heterocycles. The molecule has 168 valence electrons. The van der Waals surface area contributed by atoms with Crippen LogP contribution in [0, 0.1) is 5.92 Å². The van der Waals surface area contributed by atoms with Gasteiger partial charge in [0.25, 0.3) is 0 Å². The third-order valence-corrected chi connectivity index (χ3v) is 6.09. The van der Waals surface area contributed by atoms with Crippen LogP contribution in [0.2, 0.25) is 5.15 Å². The molecular formula is C22H24ClN5O4. The van der Waals surface area contributed by atoms with Crippen molar-refractivity contribution < 1.29 is 19.1 Å². The van der Waals surface area contributed by atoms with Crippen molar-refractivity contribution in [2.75, 3.05) is 19.6 Å². The molecule has 2 atom stereocenters. The Balaban J connectivity index is 1.28. The van der Waals surface area contributed by atoms with Gasteiger partial charge in [-0.05, 0) is 18.4 Å². The summed E-state index contributed by atoms with van der Waals surface area (Å²) < 4.78 is 5.37. The number of carbonyl (C=O) groups is 3. The normalized spacial score (nSPS) is 20.5. The number of ether oxygens (including phenoxy) is 1. The van der Waals surface area contributed by atoms with Gasteiger partial charge in [0.2, 0.25) is 11.8 Å². The Bertz CT molecular complexity index is 989. The standard InChI is InChI=1S/C22H24ClN5O4/c23-20-18(24-8-9-25-20)10-26-21(30)16-6-7-17-12-27(13-19(29)28(17)11-16)22(31)32-14-15-4-2-1-3-5-15/h1-5,8-9,16-17H,6-7,10-14H2,(H,26,30)/t16-,17-/m0/s1. The van der Waals surface area contributed by atoms with Crippen LogP contribution in [0.5, 0.6) is 0 Å². The number of piperidine rings is 1. The van der Waals surface area contributed by atoms with Gasteiger partial charge in [0.05, 0.1) is 18.2 Å². The summed E-state index contributed by atoms with van der Waals surface area (Å²) in [6, 6.07) is 9.29. The Labute approximate surface area is 190 Å².